The van der Waals surface area contributed by atoms with Gasteiger partial charge in [0.2, 0.25) is 0 Å². The third-order valence-corrected chi connectivity index (χ3v) is 10.0. The Hall–Kier alpha value is -2.41. The zero-order valence-corrected chi connectivity index (χ0v) is 27.6. The van der Waals surface area contributed by atoms with Gasteiger partial charge in [0, 0.05) is 43.6 Å². The number of ether oxygens (including phenoxy) is 1. The van der Waals surface area contributed by atoms with Gasteiger partial charge in [-0.15, -0.1) is 0 Å². The van der Waals surface area contributed by atoms with Crippen molar-refractivity contribution in [2.24, 2.45) is 0 Å². The van der Waals surface area contributed by atoms with Crippen molar-refractivity contribution in [1.82, 2.24) is 0 Å². The van der Waals surface area contributed by atoms with Crippen LogP contribution in [0.2, 0.25) is 0 Å². The second-order valence-corrected chi connectivity index (χ2v) is 13.5. The SMILES string of the molecule is C1=C\CCC[CH-]CC/1.COc1cccc(C)c1[PH+](c1ccccc1N(C)C)c1cccc(C(C)(C)C)c1O.[CH3+].[Ni]. The standard InChI is InChI=1S/C26H32NO2P.C8H13.CH3.Ni/c1-18-12-10-15-21(29-7)25(18)30(22-16-9-8-14-20(22)27(5)6)23-17-11-13-19(24(23)28)26(2,3)4;1-2-4-6-8-7-5-3-1;;/h8-17,28H,1-7H3;1-2,7H,3-6,8H2;1H3;/q;-1;+1;/p+1/b;2-1-;;. The maximum absolute atomic E-state index is 11.5. The topological polar surface area (TPSA) is 32.7 Å². The van der Waals surface area contributed by atoms with E-state index >= 15 is 0 Å². The van der Waals surface area contributed by atoms with Crippen LogP contribution < -0.4 is 25.6 Å². The number of anilines is 1. The largest absolute Gasteiger partial charge is 0.504 e. The number of aryl methyl sites for hydroxylation is 1. The number of hydrogen-bond acceptors (Lipinski definition) is 3. The Balaban J connectivity index is 0.000000690. The average molecular weight is 605 g/mol. The van der Waals surface area contributed by atoms with Crippen LogP contribution in [0.15, 0.2) is 72.8 Å². The van der Waals surface area contributed by atoms with Crippen LogP contribution in [0.4, 0.5) is 5.69 Å². The van der Waals surface area contributed by atoms with Crippen LogP contribution in [0, 0.1) is 20.8 Å². The number of hydrogen-bond donors (Lipinski definition) is 1. The summed E-state index contributed by atoms with van der Waals surface area (Å²) >= 11 is 0. The molecule has 1 unspecified atom stereocenters. The first-order valence-electron chi connectivity index (χ1n) is 13.7. The van der Waals surface area contributed by atoms with E-state index < -0.39 is 7.92 Å². The van der Waals surface area contributed by atoms with Gasteiger partial charge in [0.15, 0.2) is 11.5 Å². The van der Waals surface area contributed by atoms with E-state index in [4.69, 9.17) is 4.74 Å². The molecule has 0 saturated heterocycles. The molecule has 220 valence electrons. The van der Waals surface area contributed by atoms with Crippen LogP contribution in [0.5, 0.6) is 11.5 Å². The van der Waals surface area contributed by atoms with Gasteiger partial charge < -0.3 is 21.2 Å². The minimum Gasteiger partial charge on any atom is -0.504 e. The second kappa shape index (κ2) is 16.8. The van der Waals surface area contributed by atoms with E-state index in [0.717, 1.165) is 22.3 Å². The van der Waals surface area contributed by atoms with E-state index in [1.54, 1.807) is 7.11 Å². The third kappa shape index (κ3) is 9.05. The number of aromatic hydroxyl groups is 1. The molecule has 0 fully saturated rings. The van der Waals surface area contributed by atoms with E-state index in [2.05, 4.69) is 108 Å². The first-order valence-corrected chi connectivity index (χ1v) is 15.2. The van der Waals surface area contributed by atoms with Crippen molar-refractivity contribution in [2.45, 2.75) is 65.2 Å². The van der Waals surface area contributed by atoms with Crippen molar-refractivity contribution < 1.29 is 26.3 Å². The monoisotopic (exact) mass is 604 g/mol. The summed E-state index contributed by atoms with van der Waals surface area (Å²) in [4.78, 5) is 2.15. The van der Waals surface area contributed by atoms with Crippen LogP contribution in [0.25, 0.3) is 0 Å². The molecule has 0 aromatic heterocycles. The van der Waals surface area contributed by atoms with Gasteiger partial charge in [-0.05, 0) is 48.6 Å². The van der Waals surface area contributed by atoms with Gasteiger partial charge in [0.25, 0.3) is 0 Å². The Morgan fingerprint density at radius 3 is 2.20 bits per heavy atom. The van der Waals surface area contributed by atoms with Crippen molar-refractivity contribution in [1.29, 1.82) is 0 Å². The smallest absolute Gasteiger partial charge is 0.162 e. The summed E-state index contributed by atoms with van der Waals surface area (Å²) in [5, 5.41) is 14.9. The zero-order chi connectivity index (χ0) is 27.7. The Morgan fingerprint density at radius 1 is 0.875 bits per heavy atom. The molecule has 1 N–H and O–H groups in total. The van der Waals surface area contributed by atoms with Crippen LogP contribution in [-0.4, -0.2) is 26.3 Å². The van der Waals surface area contributed by atoms with Crippen molar-refractivity contribution in [2.75, 3.05) is 26.1 Å². The van der Waals surface area contributed by atoms with Crippen LogP contribution >= 0.6 is 7.92 Å². The van der Waals surface area contributed by atoms with Gasteiger partial charge in [-0.2, -0.15) is 12.8 Å². The van der Waals surface area contributed by atoms with E-state index in [1.165, 1.54) is 48.3 Å². The predicted molar refractivity (Wildman–Crippen MR) is 175 cm³/mol. The van der Waals surface area contributed by atoms with Crippen molar-refractivity contribution >= 4 is 29.5 Å². The van der Waals surface area contributed by atoms with E-state index in [1.807, 2.05) is 18.2 Å². The molecular formula is C35H49NNiO2P+. The van der Waals surface area contributed by atoms with E-state index in [0.29, 0.717) is 5.75 Å². The summed E-state index contributed by atoms with van der Waals surface area (Å²) in [6, 6.07) is 20.9. The molecule has 1 aliphatic carbocycles. The van der Waals surface area contributed by atoms with E-state index in [-0.39, 0.29) is 29.3 Å². The number of rotatable bonds is 5. The van der Waals surface area contributed by atoms with Gasteiger partial charge in [-0.3, -0.25) is 0 Å². The summed E-state index contributed by atoms with van der Waals surface area (Å²) < 4.78 is 5.82. The molecule has 5 heteroatoms. The molecule has 0 bridgehead atoms. The molecule has 3 aromatic rings. The van der Waals surface area contributed by atoms with Crippen LogP contribution in [0.3, 0.4) is 0 Å². The molecule has 3 nitrogen and oxygen atoms in total. The Morgan fingerprint density at radius 2 is 1.52 bits per heavy atom. The van der Waals surface area contributed by atoms with Gasteiger partial charge >= 0.3 is 0 Å². The molecule has 3 aromatic carbocycles. The summed E-state index contributed by atoms with van der Waals surface area (Å²) in [6.07, 6.45) is 13.5. The molecule has 0 spiro atoms. The molecule has 0 aliphatic heterocycles. The van der Waals surface area contributed by atoms with Crippen molar-refractivity contribution in [3.05, 3.63) is 97.8 Å². The number of nitrogens with zero attached hydrogens (tertiary/aromatic N) is 1. The summed E-state index contributed by atoms with van der Waals surface area (Å²) in [5.41, 5.74) is 3.16. The summed E-state index contributed by atoms with van der Waals surface area (Å²) in [7, 11) is 4.31. The number of phenols is 1. The first-order chi connectivity index (χ1) is 18.2. The van der Waals surface area contributed by atoms with Gasteiger partial charge in [0.1, 0.15) is 23.8 Å². The number of benzene rings is 3. The van der Waals surface area contributed by atoms with E-state index in [9.17, 15) is 5.11 Å². The second-order valence-electron chi connectivity index (χ2n) is 11.2. The fourth-order valence-corrected chi connectivity index (χ4v) is 8.14. The fourth-order valence-electron chi connectivity index (χ4n) is 4.95. The molecule has 1 atom stereocenters. The van der Waals surface area contributed by atoms with Crippen LogP contribution in [0.1, 0.15) is 64.0 Å². The number of para-hydroxylation sites is 2. The first kappa shape index (κ1) is 35.6. The molecule has 0 heterocycles. The number of methoxy groups -OCH3 is 1. The molecule has 40 heavy (non-hydrogen) atoms. The van der Waals surface area contributed by atoms with Gasteiger partial charge in [0.05, 0.1) is 12.8 Å². The van der Waals surface area contributed by atoms with Crippen molar-refractivity contribution in [3.8, 4) is 11.5 Å². The maximum atomic E-state index is 11.5. The number of phenolic OH excluding ortho intramolecular Hbond substituents is 1. The Labute approximate surface area is 255 Å². The minimum absolute atomic E-state index is 0. The minimum atomic E-state index is -1.55. The average Bonchev–Trinajstić information content (AvgIpc) is 2.85. The summed E-state index contributed by atoms with van der Waals surface area (Å²) in [5.74, 6) is 1.27. The van der Waals surface area contributed by atoms with Gasteiger partial charge in [-0.25, -0.2) is 0 Å². The number of allylic oxidation sites excluding steroid dienone is 2. The predicted octanol–water partition coefficient (Wildman–Crippen LogP) is 7.72. The zero-order valence-electron chi connectivity index (χ0n) is 25.7. The third-order valence-electron chi connectivity index (χ3n) is 6.96. The van der Waals surface area contributed by atoms with Crippen LogP contribution in [-0.2, 0) is 21.9 Å². The molecule has 0 saturated carbocycles. The Kier molecular flexibility index (Phi) is 14.9. The molecule has 0 amide bonds. The molecular weight excluding hydrogens is 556 g/mol. The quantitative estimate of drug-likeness (QED) is 0.140. The van der Waals surface area contributed by atoms with Gasteiger partial charge in [-0.1, -0.05) is 82.2 Å². The maximum Gasteiger partial charge on any atom is 0.162 e. The summed E-state index contributed by atoms with van der Waals surface area (Å²) in [6.45, 7) is 8.55. The normalized spacial score (nSPS) is 14.6. The fraction of sp³-hybridized carbons (Fsp3) is 0.371. The molecule has 0 radical (unpaired) electrons. The van der Waals surface area contributed by atoms with Crippen molar-refractivity contribution in [3.63, 3.8) is 0 Å². The Bertz CT molecular complexity index is 1210. The molecule has 4 rings (SSSR count). The molecule has 1 aliphatic rings.